The molecule has 2 aromatic heterocycles. The summed E-state index contributed by atoms with van der Waals surface area (Å²) in [5, 5.41) is 2.02. The molecule has 5 nitrogen and oxygen atoms in total. The lowest BCUT2D eigenvalue weighted by Crippen LogP contribution is -1.96. The fraction of sp³-hybridized carbons (Fsp3) is 0.0286. The van der Waals surface area contributed by atoms with Crippen LogP contribution in [0.25, 0.3) is 55.8 Å². The van der Waals surface area contributed by atoms with Gasteiger partial charge in [0.15, 0.2) is 5.82 Å². The molecule has 0 radical (unpaired) electrons. The summed E-state index contributed by atoms with van der Waals surface area (Å²) < 4.78 is 6.45. The normalized spacial score (nSPS) is 12.2. The van der Waals surface area contributed by atoms with Crippen molar-refractivity contribution in [3.05, 3.63) is 134 Å². The molecule has 0 amide bonds. The number of fused-ring (bicyclic) bond motifs is 3. The second kappa shape index (κ2) is 11.1. The first-order valence-electron chi connectivity index (χ1n) is 13.0. The Morgan fingerprint density at radius 3 is 2.27 bits per heavy atom. The first-order valence-corrected chi connectivity index (χ1v) is 13.0. The summed E-state index contributed by atoms with van der Waals surface area (Å²) in [7, 11) is 0. The Hall–Kier alpha value is -5.42. The molecule has 2 heterocycles. The van der Waals surface area contributed by atoms with Crippen LogP contribution in [0.4, 0.5) is 0 Å². The molecule has 0 bridgehead atoms. The first kappa shape index (κ1) is 24.9. The number of aromatic nitrogens is 2. The van der Waals surface area contributed by atoms with Gasteiger partial charge in [0.1, 0.15) is 11.2 Å². The van der Waals surface area contributed by atoms with Crippen LogP contribution >= 0.6 is 0 Å². The van der Waals surface area contributed by atoms with Crippen molar-refractivity contribution < 1.29 is 4.42 Å². The maximum Gasteiger partial charge on any atom is 0.160 e. The van der Waals surface area contributed by atoms with E-state index in [-0.39, 0.29) is 0 Å². The Bertz CT molecular complexity index is 1860. The second-order valence-electron chi connectivity index (χ2n) is 9.20. The number of benzene rings is 4. The smallest absolute Gasteiger partial charge is 0.160 e. The molecular formula is C35H26N4O. The molecule has 4 aromatic carbocycles. The molecule has 0 aliphatic heterocycles. The zero-order chi connectivity index (χ0) is 27.3. The summed E-state index contributed by atoms with van der Waals surface area (Å²) in [6.07, 6.45) is 6.53. The Morgan fingerprint density at radius 1 is 0.775 bits per heavy atom. The minimum absolute atomic E-state index is 0.677. The van der Waals surface area contributed by atoms with Crippen molar-refractivity contribution in [1.29, 1.82) is 0 Å². The quantitative estimate of drug-likeness (QED) is 0.198. The molecule has 0 aliphatic rings. The van der Waals surface area contributed by atoms with E-state index < -0.39 is 0 Å². The van der Waals surface area contributed by atoms with Crippen LogP contribution in [-0.2, 0) is 0 Å². The number of hydrogen-bond acceptors (Lipinski definition) is 5. The first-order chi connectivity index (χ1) is 19.7. The average Bonchev–Trinajstić information content (AvgIpc) is 3.41. The lowest BCUT2D eigenvalue weighted by atomic mass is 10.00. The van der Waals surface area contributed by atoms with Gasteiger partial charge in [-0.1, -0.05) is 97.6 Å². The van der Waals surface area contributed by atoms with E-state index in [2.05, 4.69) is 46.9 Å². The number of rotatable bonds is 7. The molecule has 0 atom stereocenters. The van der Waals surface area contributed by atoms with Gasteiger partial charge in [0.2, 0.25) is 0 Å². The van der Waals surface area contributed by atoms with Crippen LogP contribution in [-0.4, -0.2) is 21.9 Å². The standard InChI is InChI=1S/C35H26N4O/c1-3-20-36-21-22-37-24(2)27-16-10-18-29-33-28(17-11-19-32(33)40-34(27)29)31-23-30(25-12-6-4-7-13-25)38-35(39-31)26-14-8-5-9-15-26/h3-23H,1H2,2H3/b22-21-,36-20?,37-24?. The third-order valence-corrected chi connectivity index (χ3v) is 6.63. The molecule has 40 heavy (non-hydrogen) atoms. The van der Waals surface area contributed by atoms with Crippen molar-refractivity contribution in [3.8, 4) is 33.9 Å². The van der Waals surface area contributed by atoms with Crippen LogP contribution in [0.3, 0.4) is 0 Å². The van der Waals surface area contributed by atoms with Crippen molar-refractivity contribution >= 4 is 33.9 Å². The minimum atomic E-state index is 0.677. The number of hydrogen-bond donors (Lipinski definition) is 0. The van der Waals surface area contributed by atoms with Gasteiger partial charge < -0.3 is 4.42 Å². The monoisotopic (exact) mass is 518 g/mol. The van der Waals surface area contributed by atoms with Gasteiger partial charge in [-0.2, -0.15) is 0 Å². The number of aliphatic imine (C=N–C) groups is 2. The second-order valence-corrected chi connectivity index (χ2v) is 9.20. The summed E-state index contributed by atoms with van der Waals surface area (Å²) in [6, 6.07) is 34.6. The molecule has 5 heteroatoms. The summed E-state index contributed by atoms with van der Waals surface area (Å²) in [4.78, 5) is 18.6. The SMILES string of the molecule is C=CC=N/C=C\N=C(C)c1cccc2c1oc1cccc(-c3cc(-c4ccccc4)nc(-c4ccccc4)n3)c12. The Labute approximate surface area is 232 Å². The maximum absolute atomic E-state index is 6.45. The molecular weight excluding hydrogens is 492 g/mol. The minimum Gasteiger partial charge on any atom is -0.455 e. The van der Waals surface area contributed by atoms with Crippen molar-refractivity contribution in [2.24, 2.45) is 9.98 Å². The molecule has 6 aromatic rings. The van der Waals surface area contributed by atoms with Gasteiger partial charge >= 0.3 is 0 Å². The van der Waals surface area contributed by atoms with Crippen molar-refractivity contribution in [3.63, 3.8) is 0 Å². The van der Waals surface area contributed by atoms with Crippen LogP contribution in [0.2, 0.25) is 0 Å². The highest BCUT2D eigenvalue weighted by Crippen LogP contribution is 2.38. The average molecular weight is 519 g/mol. The third-order valence-electron chi connectivity index (χ3n) is 6.63. The summed E-state index contributed by atoms with van der Waals surface area (Å²) in [6.45, 7) is 5.59. The Morgan fingerprint density at radius 2 is 1.50 bits per heavy atom. The zero-order valence-electron chi connectivity index (χ0n) is 22.0. The van der Waals surface area contributed by atoms with Crippen molar-refractivity contribution in [2.75, 3.05) is 0 Å². The predicted octanol–water partition coefficient (Wildman–Crippen LogP) is 8.91. The van der Waals surface area contributed by atoms with E-state index in [0.29, 0.717) is 5.82 Å². The van der Waals surface area contributed by atoms with E-state index >= 15 is 0 Å². The van der Waals surface area contributed by atoms with Gasteiger partial charge in [-0.3, -0.25) is 9.98 Å². The fourth-order valence-corrected chi connectivity index (χ4v) is 4.77. The van der Waals surface area contributed by atoms with Gasteiger partial charge in [-0.25, -0.2) is 9.97 Å². The van der Waals surface area contributed by atoms with Crippen molar-refractivity contribution in [2.45, 2.75) is 6.92 Å². The van der Waals surface area contributed by atoms with Crippen molar-refractivity contribution in [1.82, 2.24) is 9.97 Å². The molecule has 0 saturated heterocycles. The Balaban J connectivity index is 1.55. The molecule has 0 N–H and O–H groups in total. The lowest BCUT2D eigenvalue weighted by molar-refractivity contribution is 0.668. The topological polar surface area (TPSA) is 63.6 Å². The van der Waals surface area contributed by atoms with E-state index in [1.165, 1.54) is 0 Å². The van der Waals surface area contributed by atoms with Crippen LogP contribution in [0.5, 0.6) is 0 Å². The van der Waals surface area contributed by atoms with Crippen LogP contribution in [0.1, 0.15) is 12.5 Å². The third kappa shape index (κ3) is 4.88. The molecule has 0 saturated carbocycles. The highest BCUT2D eigenvalue weighted by Gasteiger charge is 2.18. The van der Waals surface area contributed by atoms with E-state index in [9.17, 15) is 0 Å². The number of furan rings is 1. The van der Waals surface area contributed by atoms with Gasteiger partial charge in [0.05, 0.1) is 11.4 Å². The number of para-hydroxylation sites is 1. The summed E-state index contributed by atoms with van der Waals surface area (Å²) in [5.74, 6) is 0.677. The summed E-state index contributed by atoms with van der Waals surface area (Å²) >= 11 is 0. The molecule has 6 rings (SSSR count). The summed E-state index contributed by atoms with van der Waals surface area (Å²) in [5.41, 5.74) is 8.01. The molecule has 0 unspecified atom stereocenters. The van der Waals surface area contributed by atoms with Gasteiger partial charge in [0, 0.05) is 57.4 Å². The fourth-order valence-electron chi connectivity index (χ4n) is 4.77. The van der Waals surface area contributed by atoms with E-state index in [1.807, 2.05) is 79.7 Å². The Kier molecular flexibility index (Phi) is 6.93. The largest absolute Gasteiger partial charge is 0.455 e. The molecule has 0 aliphatic carbocycles. The lowest BCUT2D eigenvalue weighted by Gasteiger charge is -2.10. The highest BCUT2D eigenvalue weighted by molar-refractivity contribution is 6.18. The highest BCUT2D eigenvalue weighted by atomic mass is 16.3. The molecule has 192 valence electrons. The zero-order valence-corrected chi connectivity index (χ0v) is 22.0. The van der Waals surface area contributed by atoms with E-state index in [0.717, 1.165) is 61.3 Å². The molecule has 0 fully saturated rings. The van der Waals surface area contributed by atoms with Crippen LogP contribution in [0, 0.1) is 0 Å². The molecule has 0 spiro atoms. The van der Waals surface area contributed by atoms with Gasteiger partial charge in [-0.05, 0) is 25.1 Å². The van der Waals surface area contributed by atoms with Crippen LogP contribution < -0.4 is 0 Å². The van der Waals surface area contributed by atoms with Crippen LogP contribution in [0.15, 0.2) is 143 Å². The van der Waals surface area contributed by atoms with E-state index in [1.54, 1.807) is 24.7 Å². The van der Waals surface area contributed by atoms with E-state index in [4.69, 9.17) is 14.4 Å². The predicted molar refractivity (Wildman–Crippen MR) is 166 cm³/mol. The number of allylic oxidation sites excluding steroid dienone is 1. The maximum atomic E-state index is 6.45. The van der Waals surface area contributed by atoms with Gasteiger partial charge in [-0.15, -0.1) is 0 Å². The van der Waals surface area contributed by atoms with Gasteiger partial charge in [0.25, 0.3) is 0 Å². The number of nitrogens with zero attached hydrogens (tertiary/aromatic N) is 4.